The van der Waals surface area contributed by atoms with Crippen molar-refractivity contribution in [2.75, 3.05) is 0 Å². The monoisotopic (exact) mass is 975 g/mol. The molecule has 0 aromatic heterocycles. The van der Waals surface area contributed by atoms with Crippen LogP contribution in [0, 0.1) is 38.5 Å². The normalized spacial score (nSPS) is 17.7. The number of hydrogen-bond acceptors (Lipinski definition) is 0. The second-order valence-corrected chi connectivity index (χ2v) is 44.3. The fraction of sp³-hybridized carbons (Fsp3) is 0.333. The molecule has 2 unspecified atom stereocenters. The van der Waals surface area contributed by atoms with Crippen LogP contribution in [-0.2, 0) is 29.2 Å². The zero-order chi connectivity index (χ0) is 45.7. The molecule has 2 atom stereocenters. The number of rotatable bonds is 9. The Labute approximate surface area is 395 Å². The van der Waals surface area contributed by atoms with E-state index in [1.165, 1.54) is 114 Å². The minimum absolute atomic E-state index is 0.161. The Bertz CT molecular complexity index is 2760. The predicted molar refractivity (Wildman–Crippen MR) is 282 cm³/mol. The van der Waals surface area contributed by atoms with Crippen LogP contribution < -0.4 is 13.6 Å². The van der Waals surface area contributed by atoms with Crippen LogP contribution >= 0.6 is 17.0 Å². The van der Waals surface area contributed by atoms with Gasteiger partial charge in [-0.2, -0.15) is 0 Å². The molecule has 2 aliphatic carbocycles. The number of halogens is 2. The molecule has 0 spiro atoms. The van der Waals surface area contributed by atoms with Gasteiger partial charge in [0.05, 0.1) is 0 Å². The van der Waals surface area contributed by atoms with E-state index in [2.05, 4.69) is 198 Å². The average molecular weight is 978 g/mol. The summed E-state index contributed by atoms with van der Waals surface area (Å²) in [5.74, 6) is 0. The fourth-order valence-corrected chi connectivity index (χ4v) is 40.7. The van der Waals surface area contributed by atoms with E-state index in [9.17, 15) is 17.0 Å². The van der Waals surface area contributed by atoms with E-state index in [0.29, 0.717) is 0 Å². The molecule has 0 amide bonds. The summed E-state index contributed by atoms with van der Waals surface area (Å²) < 4.78 is 0.972. The van der Waals surface area contributed by atoms with Gasteiger partial charge in [0.2, 0.25) is 0 Å². The summed E-state index contributed by atoms with van der Waals surface area (Å²) in [5, 5.41) is 2.96. The summed E-state index contributed by atoms with van der Waals surface area (Å²) in [6, 6.07) is 40.2. The maximum atomic E-state index is 9.63. The summed E-state index contributed by atoms with van der Waals surface area (Å²) in [4.78, 5) is 0. The van der Waals surface area contributed by atoms with Gasteiger partial charge in [-0.3, -0.25) is 0 Å². The van der Waals surface area contributed by atoms with Crippen LogP contribution in [0.15, 0.2) is 114 Å². The van der Waals surface area contributed by atoms with Gasteiger partial charge in [-0.1, -0.05) is 0 Å². The zero-order valence-electron chi connectivity index (χ0n) is 40.4. The number of aryl methyl sites for hydroxylation is 6. The first kappa shape index (κ1) is 45.6. The fourth-order valence-electron chi connectivity index (χ4n) is 12.4. The molecule has 1 heterocycles. The molecule has 64 heavy (non-hydrogen) atoms. The van der Waals surface area contributed by atoms with Gasteiger partial charge in [-0.05, 0) is 0 Å². The van der Waals surface area contributed by atoms with Crippen molar-refractivity contribution in [3.63, 3.8) is 0 Å². The Balaban J connectivity index is 1.44. The summed E-state index contributed by atoms with van der Waals surface area (Å²) >= 11 is -5.85. The third-order valence-electron chi connectivity index (χ3n) is 14.8. The van der Waals surface area contributed by atoms with E-state index in [0.717, 1.165) is 25.7 Å². The molecule has 6 aromatic rings. The molecule has 0 nitrogen and oxygen atoms in total. The predicted octanol–water partition coefficient (Wildman–Crippen LogP) is 15.3. The van der Waals surface area contributed by atoms with Crippen molar-refractivity contribution in [3.05, 3.63) is 170 Å². The summed E-state index contributed by atoms with van der Waals surface area (Å²) in [5.41, 5.74) is 23.6. The van der Waals surface area contributed by atoms with E-state index in [1.54, 1.807) is 0 Å². The Morgan fingerprint density at radius 2 is 0.969 bits per heavy atom. The van der Waals surface area contributed by atoms with Crippen LogP contribution in [0.3, 0.4) is 0 Å². The van der Waals surface area contributed by atoms with Gasteiger partial charge in [-0.25, -0.2) is 0 Å². The van der Waals surface area contributed by atoms with Gasteiger partial charge in [-0.15, -0.1) is 0 Å². The van der Waals surface area contributed by atoms with Crippen molar-refractivity contribution >= 4 is 52.3 Å². The second kappa shape index (κ2) is 16.4. The summed E-state index contributed by atoms with van der Waals surface area (Å²) in [6.07, 6.45) is 9.35. The molecule has 0 saturated heterocycles. The van der Waals surface area contributed by atoms with Crippen LogP contribution in [0.2, 0.25) is 0 Å². The van der Waals surface area contributed by atoms with Crippen molar-refractivity contribution in [1.29, 1.82) is 0 Å². The maximum absolute atomic E-state index is 9.63. The van der Waals surface area contributed by atoms with E-state index in [4.69, 9.17) is 0 Å². The standard InChI is InChI=1S/2C24H29.C12H9Si.2ClH.Zr/c2*1-7-8-18-9-10-19-14-21(24(4,5)6)15-22(19)23(18)20-12-16(2)11-17(3)13-20;1-3-7-11-9(5-1)10-6-2-4-8-12(10)13-11;;;/h2*9-15H,7-8H2,1-6H3;1-7H,13H2;2*1H;/q;;;;;+2/p-2. The quantitative estimate of drug-likeness (QED) is 0.126. The third-order valence-corrected chi connectivity index (χ3v) is 37.3. The van der Waals surface area contributed by atoms with E-state index < -0.39 is 25.9 Å². The minimum atomic E-state index is -5.85. The molecule has 4 heteroatoms. The van der Waals surface area contributed by atoms with Gasteiger partial charge in [0.15, 0.2) is 0 Å². The Morgan fingerprint density at radius 3 is 1.41 bits per heavy atom. The molecule has 0 radical (unpaired) electrons. The summed E-state index contributed by atoms with van der Waals surface area (Å²) in [6.45, 7) is 28.0. The molecule has 9 rings (SSSR count). The molecule has 0 saturated carbocycles. The Hall–Kier alpha value is -3.52. The third kappa shape index (κ3) is 7.41. The first-order valence-corrected chi connectivity index (χ1v) is 35.8. The van der Waals surface area contributed by atoms with E-state index in [1.807, 2.05) is 0 Å². The molecule has 0 N–H and O–H groups in total. The number of benzene rings is 6. The SMILES string of the molecule is CCCc1ccc2c(c1-c1cc(C)cc(C)c1)C=C(C(C)(C)C)[CH]2[Zr]([Cl])([Cl])([c]1cccc2c1[SiH2]c1ccccc1-2)[CH]1C(C(C)(C)C)=Cc2c1ccc(CCC)c2-c1cc(C)cc(C)c1. The van der Waals surface area contributed by atoms with Crippen molar-refractivity contribution in [2.45, 2.75) is 116 Å². The van der Waals surface area contributed by atoms with Gasteiger partial charge in [0, 0.05) is 0 Å². The Morgan fingerprint density at radius 1 is 0.531 bits per heavy atom. The molecule has 1 aliphatic heterocycles. The molecular weight excluding hydrogens is 911 g/mol. The van der Waals surface area contributed by atoms with Crippen LogP contribution in [0.5, 0.6) is 0 Å². The Kier molecular flexibility index (Phi) is 11.7. The van der Waals surface area contributed by atoms with Gasteiger partial charge in [0.1, 0.15) is 0 Å². The van der Waals surface area contributed by atoms with Crippen LogP contribution in [0.1, 0.15) is 131 Å². The first-order valence-electron chi connectivity index (χ1n) is 23.9. The molecule has 0 bridgehead atoms. The summed E-state index contributed by atoms with van der Waals surface area (Å²) in [7, 11) is 18.4. The number of fused-ring (bicyclic) bond motifs is 5. The van der Waals surface area contributed by atoms with Gasteiger partial charge in [0.25, 0.3) is 0 Å². The van der Waals surface area contributed by atoms with Gasteiger partial charge < -0.3 is 0 Å². The zero-order valence-corrected chi connectivity index (χ0v) is 45.8. The molecule has 6 aromatic carbocycles. The second-order valence-electron chi connectivity index (χ2n) is 21.8. The molecular formula is C60H67Cl2SiZr. The van der Waals surface area contributed by atoms with Crippen LogP contribution in [-0.4, -0.2) is 9.52 Å². The van der Waals surface area contributed by atoms with Crippen LogP contribution in [0.4, 0.5) is 0 Å². The van der Waals surface area contributed by atoms with Gasteiger partial charge >= 0.3 is 399 Å². The average Bonchev–Trinajstić information content (AvgIpc) is 3.93. The van der Waals surface area contributed by atoms with E-state index in [-0.39, 0.29) is 18.1 Å². The number of allylic oxidation sites excluding steroid dienone is 2. The van der Waals surface area contributed by atoms with E-state index >= 15 is 0 Å². The molecule has 3 aliphatic rings. The number of hydrogen-bond donors (Lipinski definition) is 0. The molecule has 329 valence electrons. The molecule has 0 fully saturated rings. The van der Waals surface area contributed by atoms with Crippen molar-refractivity contribution in [3.8, 4) is 33.4 Å². The van der Waals surface area contributed by atoms with Crippen molar-refractivity contribution < 1.29 is 16.4 Å². The first-order chi connectivity index (χ1) is 30.2. The van der Waals surface area contributed by atoms with Crippen LogP contribution in [0.25, 0.3) is 45.5 Å². The van der Waals surface area contributed by atoms with Crippen molar-refractivity contribution in [2.24, 2.45) is 10.8 Å². The van der Waals surface area contributed by atoms with Crippen molar-refractivity contribution in [1.82, 2.24) is 0 Å². The topological polar surface area (TPSA) is 0 Å².